The van der Waals surface area contributed by atoms with E-state index in [-0.39, 0.29) is 17.7 Å². The topological polar surface area (TPSA) is 49.4 Å². The molecule has 1 aromatic carbocycles. The highest BCUT2D eigenvalue weighted by Gasteiger charge is 2.41. The van der Waals surface area contributed by atoms with E-state index in [1.807, 2.05) is 44.2 Å². The molecule has 4 heteroatoms. The van der Waals surface area contributed by atoms with Crippen molar-refractivity contribution in [3.8, 4) is 0 Å². The number of carbonyl (C=O) groups is 2. The maximum Gasteiger partial charge on any atom is 0.246 e. The van der Waals surface area contributed by atoms with Gasteiger partial charge in [-0.3, -0.25) is 9.59 Å². The Bertz CT molecular complexity index is 525. The Labute approximate surface area is 132 Å². The van der Waals surface area contributed by atoms with Crippen molar-refractivity contribution in [2.45, 2.75) is 52.7 Å². The average molecular weight is 302 g/mol. The molecule has 2 unspecified atom stereocenters. The summed E-state index contributed by atoms with van der Waals surface area (Å²) in [5.74, 6) is 0.461. The molecule has 120 valence electrons. The number of nitrogens with zero attached hydrogens (tertiary/aromatic N) is 1. The molecule has 1 N–H and O–H groups in total. The van der Waals surface area contributed by atoms with Crippen molar-refractivity contribution < 1.29 is 9.59 Å². The summed E-state index contributed by atoms with van der Waals surface area (Å²) in [5.41, 5.74) is 1.06. The standard InChI is InChI=1S/C18H26N2O2/c1-12(2)10-15-18(22)20(11-14-8-6-5-7-9-14)16(13(3)4)17(21)19-15/h5-9,12-13,15-16H,10-11H2,1-4H3,(H,19,21). The largest absolute Gasteiger partial charge is 0.342 e. The molecule has 0 saturated carbocycles. The molecule has 0 aliphatic carbocycles. The molecule has 0 aromatic heterocycles. The second-order valence-corrected chi connectivity index (χ2v) is 6.83. The van der Waals surface area contributed by atoms with Gasteiger partial charge in [0.25, 0.3) is 0 Å². The van der Waals surface area contributed by atoms with Gasteiger partial charge in [-0.25, -0.2) is 0 Å². The van der Waals surface area contributed by atoms with Gasteiger partial charge < -0.3 is 10.2 Å². The van der Waals surface area contributed by atoms with Gasteiger partial charge in [-0.1, -0.05) is 58.0 Å². The summed E-state index contributed by atoms with van der Waals surface area (Å²) in [6.07, 6.45) is 0.681. The maximum absolute atomic E-state index is 12.8. The lowest BCUT2D eigenvalue weighted by Crippen LogP contribution is -2.64. The van der Waals surface area contributed by atoms with E-state index in [9.17, 15) is 9.59 Å². The minimum atomic E-state index is -0.397. The lowest BCUT2D eigenvalue weighted by atomic mass is 9.93. The Hall–Kier alpha value is -1.84. The van der Waals surface area contributed by atoms with Crippen LogP contribution in [-0.2, 0) is 16.1 Å². The minimum absolute atomic E-state index is 0.0313. The number of hydrogen-bond acceptors (Lipinski definition) is 2. The predicted molar refractivity (Wildman–Crippen MR) is 87.0 cm³/mol. The van der Waals surface area contributed by atoms with Gasteiger partial charge in [-0.05, 0) is 23.8 Å². The molecule has 1 aromatic rings. The maximum atomic E-state index is 12.8. The summed E-state index contributed by atoms with van der Waals surface area (Å²) in [6.45, 7) is 8.59. The third-order valence-electron chi connectivity index (χ3n) is 4.04. The second kappa shape index (κ2) is 6.95. The van der Waals surface area contributed by atoms with E-state index in [0.29, 0.717) is 18.9 Å². The summed E-state index contributed by atoms with van der Waals surface area (Å²) in [6, 6.07) is 9.07. The van der Waals surface area contributed by atoms with Crippen molar-refractivity contribution in [2.24, 2.45) is 11.8 Å². The minimum Gasteiger partial charge on any atom is -0.342 e. The third kappa shape index (κ3) is 3.67. The van der Waals surface area contributed by atoms with E-state index in [1.165, 1.54) is 0 Å². The van der Waals surface area contributed by atoms with Crippen LogP contribution in [0, 0.1) is 11.8 Å². The van der Waals surface area contributed by atoms with Crippen LogP contribution in [0.4, 0.5) is 0 Å². The van der Waals surface area contributed by atoms with Crippen LogP contribution >= 0.6 is 0 Å². The molecule has 1 heterocycles. The molecular weight excluding hydrogens is 276 g/mol. The van der Waals surface area contributed by atoms with Crippen LogP contribution < -0.4 is 5.32 Å². The van der Waals surface area contributed by atoms with Crippen LogP contribution in [0.2, 0.25) is 0 Å². The van der Waals surface area contributed by atoms with Gasteiger partial charge in [0.1, 0.15) is 12.1 Å². The van der Waals surface area contributed by atoms with Crippen LogP contribution in [-0.4, -0.2) is 28.8 Å². The Morgan fingerprint density at radius 1 is 1.09 bits per heavy atom. The van der Waals surface area contributed by atoms with Crippen LogP contribution in [0.15, 0.2) is 30.3 Å². The monoisotopic (exact) mass is 302 g/mol. The van der Waals surface area contributed by atoms with Crippen LogP contribution in [0.25, 0.3) is 0 Å². The van der Waals surface area contributed by atoms with Crippen molar-refractivity contribution in [1.82, 2.24) is 10.2 Å². The lowest BCUT2D eigenvalue weighted by molar-refractivity contribution is -0.152. The smallest absolute Gasteiger partial charge is 0.246 e. The van der Waals surface area contributed by atoms with Gasteiger partial charge in [0.2, 0.25) is 11.8 Å². The van der Waals surface area contributed by atoms with Crippen LogP contribution in [0.5, 0.6) is 0 Å². The van der Waals surface area contributed by atoms with Crippen molar-refractivity contribution in [2.75, 3.05) is 0 Å². The van der Waals surface area contributed by atoms with E-state index >= 15 is 0 Å². The zero-order chi connectivity index (χ0) is 16.3. The Balaban J connectivity index is 2.26. The van der Waals surface area contributed by atoms with E-state index < -0.39 is 12.1 Å². The van der Waals surface area contributed by atoms with Gasteiger partial charge >= 0.3 is 0 Å². The second-order valence-electron chi connectivity index (χ2n) is 6.83. The van der Waals surface area contributed by atoms with Gasteiger partial charge in [0.05, 0.1) is 0 Å². The first-order valence-electron chi connectivity index (χ1n) is 8.05. The molecule has 2 amide bonds. The first-order chi connectivity index (χ1) is 10.4. The zero-order valence-electron chi connectivity index (χ0n) is 13.9. The molecule has 4 nitrogen and oxygen atoms in total. The molecule has 2 atom stereocenters. The number of nitrogens with one attached hydrogen (secondary N) is 1. The van der Waals surface area contributed by atoms with E-state index in [2.05, 4.69) is 19.2 Å². The fourth-order valence-corrected chi connectivity index (χ4v) is 3.05. The highest BCUT2D eigenvalue weighted by Crippen LogP contribution is 2.22. The number of amides is 2. The molecule has 1 aliphatic rings. The summed E-state index contributed by atoms with van der Waals surface area (Å²) in [7, 11) is 0. The van der Waals surface area contributed by atoms with Crippen LogP contribution in [0.3, 0.4) is 0 Å². The molecule has 0 radical (unpaired) electrons. The van der Waals surface area contributed by atoms with Crippen LogP contribution in [0.1, 0.15) is 39.7 Å². The number of benzene rings is 1. The van der Waals surface area contributed by atoms with Crippen molar-refractivity contribution in [1.29, 1.82) is 0 Å². The summed E-state index contributed by atoms with van der Waals surface area (Å²) >= 11 is 0. The highest BCUT2D eigenvalue weighted by molar-refractivity contribution is 5.97. The zero-order valence-corrected chi connectivity index (χ0v) is 13.9. The first kappa shape index (κ1) is 16.5. The molecule has 22 heavy (non-hydrogen) atoms. The molecule has 1 saturated heterocycles. The van der Waals surface area contributed by atoms with Gasteiger partial charge in [0, 0.05) is 6.54 Å². The lowest BCUT2D eigenvalue weighted by Gasteiger charge is -2.41. The summed E-state index contributed by atoms with van der Waals surface area (Å²) in [5, 5.41) is 2.91. The molecule has 0 spiro atoms. The Morgan fingerprint density at radius 2 is 1.73 bits per heavy atom. The first-order valence-corrected chi connectivity index (χ1v) is 8.05. The highest BCUT2D eigenvalue weighted by atomic mass is 16.2. The molecular formula is C18H26N2O2. The quantitative estimate of drug-likeness (QED) is 0.909. The normalized spacial score (nSPS) is 22.4. The van der Waals surface area contributed by atoms with Crippen molar-refractivity contribution in [3.05, 3.63) is 35.9 Å². The number of hydrogen-bond donors (Lipinski definition) is 1. The summed E-state index contributed by atoms with van der Waals surface area (Å²) in [4.78, 5) is 27.1. The molecule has 2 rings (SSSR count). The SMILES string of the molecule is CC(C)CC1NC(=O)C(C(C)C)N(Cc2ccccc2)C1=O. The number of carbonyl (C=O) groups excluding carboxylic acids is 2. The molecule has 1 fully saturated rings. The number of rotatable bonds is 5. The Morgan fingerprint density at radius 3 is 2.27 bits per heavy atom. The van der Waals surface area contributed by atoms with E-state index in [0.717, 1.165) is 5.56 Å². The molecule has 1 aliphatic heterocycles. The number of piperazine rings is 1. The Kier molecular flexibility index (Phi) is 5.22. The van der Waals surface area contributed by atoms with Gasteiger partial charge in [-0.2, -0.15) is 0 Å². The van der Waals surface area contributed by atoms with E-state index in [4.69, 9.17) is 0 Å². The van der Waals surface area contributed by atoms with E-state index in [1.54, 1.807) is 4.90 Å². The fourth-order valence-electron chi connectivity index (χ4n) is 3.05. The average Bonchev–Trinajstić information content (AvgIpc) is 2.44. The van der Waals surface area contributed by atoms with Crippen molar-refractivity contribution in [3.63, 3.8) is 0 Å². The van der Waals surface area contributed by atoms with Crippen molar-refractivity contribution >= 4 is 11.8 Å². The van der Waals surface area contributed by atoms with Gasteiger partial charge in [-0.15, -0.1) is 0 Å². The molecule has 0 bridgehead atoms. The third-order valence-corrected chi connectivity index (χ3v) is 4.04. The fraction of sp³-hybridized carbons (Fsp3) is 0.556. The predicted octanol–water partition coefficient (Wildman–Crippen LogP) is 2.58. The summed E-state index contributed by atoms with van der Waals surface area (Å²) < 4.78 is 0. The van der Waals surface area contributed by atoms with Gasteiger partial charge in [0.15, 0.2) is 0 Å².